The molecule has 1 atom stereocenters. The van der Waals surface area contributed by atoms with E-state index in [0.717, 1.165) is 19.3 Å². The van der Waals surface area contributed by atoms with Crippen molar-refractivity contribution in [3.63, 3.8) is 0 Å². The summed E-state index contributed by atoms with van der Waals surface area (Å²) in [5.41, 5.74) is 0. The third-order valence-corrected chi connectivity index (χ3v) is 6.66. The van der Waals surface area contributed by atoms with Gasteiger partial charge in [-0.05, 0) is 19.8 Å². The molecule has 1 amide bonds. The lowest BCUT2D eigenvalue weighted by atomic mass is 10.1. The second-order valence-corrected chi connectivity index (χ2v) is 10.8. The number of nitrogens with zero attached hydrogens (tertiary/aromatic N) is 1. The van der Waals surface area contributed by atoms with Crippen LogP contribution in [0.1, 0.15) is 162 Å². The number of unbranched alkanes of at least 4 members (excludes halogenated alkanes) is 19. The van der Waals surface area contributed by atoms with Crippen LogP contribution in [0.5, 0.6) is 0 Å². The number of likely N-dealkylation sites (N-methyl/N-ethyl adjacent to an activating group) is 1. The molecule has 1 unspecified atom stereocenters. The lowest BCUT2D eigenvalue weighted by Gasteiger charge is -2.14. The Kier molecular flexibility index (Phi) is 37.8. The summed E-state index contributed by atoms with van der Waals surface area (Å²) >= 11 is 0. The molecule has 0 aromatic rings. The summed E-state index contributed by atoms with van der Waals surface area (Å²) in [6.07, 6.45) is 26.4. The average molecular weight is 576 g/mol. The van der Waals surface area contributed by atoms with E-state index in [0.29, 0.717) is 13.0 Å². The summed E-state index contributed by atoms with van der Waals surface area (Å²) in [6, 6.07) is 0. The Morgan fingerprint density at radius 2 is 0.900 bits per heavy atom. The van der Waals surface area contributed by atoms with Crippen molar-refractivity contribution < 1.29 is 34.8 Å². The van der Waals surface area contributed by atoms with Gasteiger partial charge in [-0.2, -0.15) is 0 Å². The lowest BCUT2D eigenvalue weighted by Crippen LogP contribution is -2.31. The van der Waals surface area contributed by atoms with Crippen LogP contribution in [0.4, 0.5) is 0 Å². The van der Waals surface area contributed by atoms with E-state index in [1.54, 1.807) is 7.05 Å². The van der Waals surface area contributed by atoms with Gasteiger partial charge in [0, 0.05) is 20.1 Å². The van der Waals surface area contributed by atoms with E-state index in [4.69, 9.17) is 20.4 Å². The highest BCUT2D eigenvalue weighted by atomic mass is 16.4. The predicted octanol–water partition coefficient (Wildman–Crippen LogP) is 7.58. The van der Waals surface area contributed by atoms with Gasteiger partial charge in [-0.1, -0.05) is 136 Å². The van der Waals surface area contributed by atoms with Crippen molar-refractivity contribution in [1.82, 2.24) is 4.90 Å². The number of aliphatic carboxylic acids is 2. The molecule has 0 radical (unpaired) electrons. The molecule has 0 aromatic heterocycles. The highest BCUT2D eigenvalue weighted by Gasteiger charge is 2.11. The molecular weight excluding hydrogens is 510 g/mol. The summed E-state index contributed by atoms with van der Waals surface area (Å²) in [5.74, 6) is -2.20. The van der Waals surface area contributed by atoms with Crippen molar-refractivity contribution in [1.29, 1.82) is 0 Å². The SMILES string of the molecule is CC(O)C(=O)O.CCCCCCCCCCCCCC(=O)N(C)CC(=O)O.CCCCCCCCCCCCO. The molecule has 0 bridgehead atoms. The normalized spacial score (nSPS) is 11.1. The number of amides is 1. The first kappa shape index (κ1) is 42.8. The minimum absolute atomic E-state index is 0.0617. The zero-order chi connectivity index (χ0) is 30.9. The summed E-state index contributed by atoms with van der Waals surface area (Å²) < 4.78 is 0. The molecule has 4 N–H and O–H groups in total. The Morgan fingerprint density at radius 3 is 1.18 bits per heavy atom. The van der Waals surface area contributed by atoms with Gasteiger partial charge in [0.15, 0.2) is 0 Å². The van der Waals surface area contributed by atoms with Gasteiger partial charge in [0.2, 0.25) is 5.91 Å². The number of aliphatic hydroxyl groups is 2. The second kappa shape index (κ2) is 35.4. The molecule has 40 heavy (non-hydrogen) atoms. The van der Waals surface area contributed by atoms with Crippen molar-refractivity contribution >= 4 is 17.8 Å². The lowest BCUT2D eigenvalue weighted by molar-refractivity contribution is -0.145. The monoisotopic (exact) mass is 575 g/mol. The molecule has 8 heteroatoms. The third-order valence-electron chi connectivity index (χ3n) is 6.66. The predicted molar refractivity (Wildman–Crippen MR) is 165 cm³/mol. The molecule has 8 nitrogen and oxygen atoms in total. The minimum Gasteiger partial charge on any atom is -0.480 e. The summed E-state index contributed by atoms with van der Waals surface area (Å²) in [6.45, 7) is 5.87. The fraction of sp³-hybridized carbons (Fsp3) is 0.906. The van der Waals surface area contributed by atoms with Crippen LogP contribution < -0.4 is 0 Å². The number of hydrogen-bond acceptors (Lipinski definition) is 5. The quantitative estimate of drug-likeness (QED) is 0.0824. The largest absolute Gasteiger partial charge is 0.480 e. The van der Waals surface area contributed by atoms with Crippen LogP contribution in [0.3, 0.4) is 0 Å². The molecule has 0 saturated heterocycles. The zero-order valence-corrected chi connectivity index (χ0v) is 26.5. The maximum atomic E-state index is 11.6. The van der Waals surface area contributed by atoms with E-state index in [-0.39, 0.29) is 12.5 Å². The van der Waals surface area contributed by atoms with E-state index >= 15 is 0 Å². The molecule has 0 spiro atoms. The summed E-state index contributed by atoms with van der Waals surface area (Å²) in [7, 11) is 1.55. The molecular formula is C32H65NO7. The molecule has 0 rings (SSSR count). The second-order valence-electron chi connectivity index (χ2n) is 10.8. The molecule has 0 aliphatic rings. The maximum Gasteiger partial charge on any atom is 0.332 e. The van der Waals surface area contributed by atoms with E-state index in [1.807, 2.05) is 0 Å². The van der Waals surface area contributed by atoms with E-state index in [1.165, 1.54) is 127 Å². The van der Waals surface area contributed by atoms with Crippen molar-refractivity contribution in [2.75, 3.05) is 20.2 Å². The molecule has 0 aromatic carbocycles. The molecule has 0 aliphatic heterocycles. The zero-order valence-electron chi connectivity index (χ0n) is 26.5. The van der Waals surface area contributed by atoms with Crippen LogP contribution >= 0.6 is 0 Å². The van der Waals surface area contributed by atoms with Crippen molar-refractivity contribution in [3.05, 3.63) is 0 Å². The number of hydrogen-bond donors (Lipinski definition) is 4. The van der Waals surface area contributed by atoms with Gasteiger partial charge in [-0.15, -0.1) is 0 Å². The number of carbonyl (C=O) groups is 3. The first-order valence-corrected chi connectivity index (χ1v) is 16.1. The van der Waals surface area contributed by atoms with Crippen molar-refractivity contribution in [3.8, 4) is 0 Å². The van der Waals surface area contributed by atoms with Gasteiger partial charge in [-0.25, -0.2) is 4.79 Å². The van der Waals surface area contributed by atoms with Gasteiger partial charge < -0.3 is 25.3 Å². The highest BCUT2D eigenvalue weighted by Crippen LogP contribution is 2.12. The van der Waals surface area contributed by atoms with Gasteiger partial charge in [0.1, 0.15) is 12.6 Å². The Hall–Kier alpha value is -1.67. The third kappa shape index (κ3) is 40.8. The standard InChI is InChI=1S/C17H33NO3.C12H26O.C3H6O3/c1-3-4-5-6-7-8-9-10-11-12-13-14-16(19)18(2)15-17(20)21;1-2-3-4-5-6-7-8-9-10-11-12-13;1-2(4)3(5)6/h3-15H2,1-2H3,(H,20,21);13H,2-12H2,1H3;2,4H,1H3,(H,5,6). The first-order chi connectivity index (χ1) is 19.1. The molecule has 0 saturated carbocycles. The molecule has 0 aliphatic carbocycles. The van der Waals surface area contributed by atoms with Crippen molar-refractivity contribution in [2.45, 2.75) is 168 Å². The summed E-state index contributed by atoms with van der Waals surface area (Å²) in [5, 5.41) is 32.9. The molecule has 0 fully saturated rings. The van der Waals surface area contributed by atoms with Gasteiger partial charge in [0.05, 0.1) is 0 Å². The number of carboxylic acids is 2. The Bertz CT molecular complexity index is 545. The van der Waals surface area contributed by atoms with E-state index in [9.17, 15) is 14.4 Å². The minimum atomic E-state index is -1.23. The van der Waals surface area contributed by atoms with Gasteiger partial charge >= 0.3 is 11.9 Å². The van der Waals surface area contributed by atoms with Crippen LogP contribution in [0.2, 0.25) is 0 Å². The van der Waals surface area contributed by atoms with E-state index < -0.39 is 18.0 Å². The van der Waals surface area contributed by atoms with Crippen LogP contribution in [0.15, 0.2) is 0 Å². The average Bonchev–Trinajstić information content (AvgIpc) is 2.91. The summed E-state index contributed by atoms with van der Waals surface area (Å²) in [4.78, 5) is 32.8. The Labute approximate surface area is 245 Å². The van der Waals surface area contributed by atoms with Crippen LogP contribution in [0.25, 0.3) is 0 Å². The van der Waals surface area contributed by atoms with Crippen molar-refractivity contribution in [2.24, 2.45) is 0 Å². The Balaban J connectivity index is -0.000000608. The highest BCUT2D eigenvalue weighted by molar-refractivity contribution is 5.80. The Morgan fingerprint density at radius 1 is 0.600 bits per heavy atom. The fourth-order valence-electron chi connectivity index (χ4n) is 4.02. The maximum absolute atomic E-state index is 11.6. The van der Waals surface area contributed by atoms with Gasteiger partial charge in [0.25, 0.3) is 0 Å². The number of aliphatic hydroxyl groups excluding tert-OH is 2. The topological polar surface area (TPSA) is 135 Å². The van der Waals surface area contributed by atoms with Crippen LogP contribution in [-0.4, -0.2) is 69.5 Å². The molecule has 240 valence electrons. The smallest absolute Gasteiger partial charge is 0.332 e. The fourth-order valence-corrected chi connectivity index (χ4v) is 4.02. The van der Waals surface area contributed by atoms with Gasteiger partial charge in [-0.3, -0.25) is 9.59 Å². The van der Waals surface area contributed by atoms with E-state index in [2.05, 4.69) is 13.8 Å². The number of rotatable bonds is 25. The number of carbonyl (C=O) groups excluding carboxylic acids is 1. The van der Waals surface area contributed by atoms with Crippen LogP contribution in [0, 0.1) is 0 Å². The van der Waals surface area contributed by atoms with Crippen LogP contribution in [-0.2, 0) is 14.4 Å². The first-order valence-electron chi connectivity index (χ1n) is 16.1. The number of carboxylic acid groups (broad SMARTS) is 2. The molecule has 0 heterocycles.